The minimum atomic E-state index is -1.22. The number of allylic oxidation sites excluding steroid dienone is 2. The van der Waals surface area contributed by atoms with Crippen molar-refractivity contribution in [2.75, 3.05) is 12.4 Å². The van der Waals surface area contributed by atoms with Crippen molar-refractivity contribution in [1.82, 2.24) is 5.32 Å². The molecule has 0 radical (unpaired) electrons. The summed E-state index contributed by atoms with van der Waals surface area (Å²) in [5, 5.41) is 23.6. The lowest BCUT2D eigenvalue weighted by atomic mass is 9.80. The van der Waals surface area contributed by atoms with Crippen LogP contribution < -0.4 is 5.32 Å². The number of carboxylic acids is 1. The number of nitro benzene ring substituents is 1. The zero-order valence-corrected chi connectivity index (χ0v) is 16.3. The van der Waals surface area contributed by atoms with Gasteiger partial charge in [-0.1, -0.05) is 12.1 Å². The molecule has 0 aliphatic carbocycles. The van der Waals surface area contributed by atoms with E-state index in [4.69, 9.17) is 27.9 Å². The molecule has 8 nitrogen and oxygen atoms in total. The van der Waals surface area contributed by atoms with E-state index in [1.54, 1.807) is 19.9 Å². The first-order chi connectivity index (χ1) is 12.7. The molecule has 1 aromatic carbocycles. The van der Waals surface area contributed by atoms with Gasteiger partial charge in [-0.2, -0.15) is 0 Å². The number of carbonyl (C=O) groups excluding carboxylic acids is 1. The third kappa shape index (κ3) is 5.21. The van der Waals surface area contributed by atoms with Gasteiger partial charge in [0, 0.05) is 23.5 Å². The van der Waals surface area contributed by atoms with E-state index >= 15 is 0 Å². The van der Waals surface area contributed by atoms with Crippen LogP contribution >= 0.6 is 23.2 Å². The SMILES string of the molecule is COC(=O)C1=C(C)NC(C)=C(C(=O)O)C1c1cccc([N+](=O)[O-])c1.ClCCl. The number of esters is 1. The van der Waals surface area contributed by atoms with E-state index in [0.717, 1.165) is 0 Å². The molecule has 0 bridgehead atoms. The number of non-ortho nitro benzene ring substituents is 1. The number of benzene rings is 1. The van der Waals surface area contributed by atoms with Crippen LogP contribution in [0.5, 0.6) is 0 Å². The minimum absolute atomic E-state index is 0.0542. The number of hydrogen-bond acceptors (Lipinski definition) is 6. The fraction of sp³-hybridized carbons (Fsp3) is 0.294. The van der Waals surface area contributed by atoms with Gasteiger partial charge in [0.25, 0.3) is 5.69 Å². The topological polar surface area (TPSA) is 119 Å². The number of nitro groups is 1. The molecule has 1 unspecified atom stereocenters. The van der Waals surface area contributed by atoms with Crippen molar-refractivity contribution < 1.29 is 24.4 Å². The van der Waals surface area contributed by atoms with Gasteiger partial charge in [-0.15, -0.1) is 23.2 Å². The van der Waals surface area contributed by atoms with Gasteiger partial charge in [0.1, 0.15) is 0 Å². The summed E-state index contributed by atoms with van der Waals surface area (Å²) in [5.41, 5.74) is 1.02. The number of hydrogen-bond donors (Lipinski definition) is 2. The summed E-state index contributed by atoms with van der Waals surface area (Å²) in [5.74, 6) is -2.87. The third-order valence-electron chi connectivity index (χ3n) is 3.81. The second kappa shape index (κ2) is 9.94. The molecule has 1 heterocycles. The van der Waals surface area contributed by atoms with Crippen LogP contribution in [-0.2, 0) is 14.3 Å². The zero-order chi connectivity index (χ0) is 20.7. The van der Waals surface area contributed by atoms with Crippen LogP contribution in [0.1, 0.15) is 25.3 Å². The Morgan fingerprint density at radius 2 is 1.81 bits per heavy atom. The number of carboxylic acid groups (broad SMARTS) is 1. The molecular weight excluding hydrogens is 399 g/mol. The Bertz CT molecular complexity index is 819. The van der Waals surface area contributed by atoms with Gasteiger partial charge in [-0.3, -0.25) is 10.1 Å². The van der Waals surface area contributed by atoms with Crippen molar-refractivity contribution in [3.63, 3.8) is 0 Å². The van der Waals surface area contributed by atoms with Crippen molar-refractivity contribution in [3.05, 3.63) is 62.5 Å². The average Bonchev–Trinajstić information content (AvgIpc) is 2.60. The van der Waals surface area contributed by atoms with Crippen molar-refractivity contribution in [2.24, 2.45) is 0 Å². The molecule has 2 rings (SSSR count). The Balaban J connectivity index is 0.00000114. The molecule has 1 aliphatic rings. The summed E-state index contributed by atoms with van der Waals surface area (Å²) in [6, 6.07) is 5.57. The monoisotopic (exact) mass is 416 g/mol. The number of carbonyl (C=O) groups is 2. The zero-order valence-electron chi connectivity index (χ0n) is 14.8. The van der Waals surface area contributed by atoms with E-state index in [1.165, 1.54) is 25.3 Å². The van der Waals surface area contributed by atoms with Crippen molar-refractivity contribution >= 4 is 40.8 Å². The molecule has 0 saturated carbocycles. The minimum Gasteiger partial charge on any atom is -0.478 e. The lowest BCUT2D eigenvalue weighted by Crippen LogP contribution is -2.31. The fourth-order valence-corrected chi connectivity index (χ4v) is 2.81. The molecule has 0 amide bonds. The molecule has 0 aromatic heterocycles. The van der Waals surface area contributed by atoms with Crippen LogP contribution in [0.15, 0.2) is 46.8 Å². The van der Waals surface area contributed by atoms with Crippen LogP contribution in [0.4, 0.5) is 5.69 Å². The number of halogens is 2. The molecule has 146 valence electrons. The fourth-order valence-electron chi connectivity index (χ4n) is 2.81. The van der Waals surface area contributed by atoms with E-state index in [1.807, 2.05) is 0 Å². The van der Waals surface area contributed by atoms with Gasteiger partial charge < -0.3 is 15.2 Å². The summed E-state index contributed by atoms with van der Waals surface area (Å²) < 4.78 is 4.77. The third-order valence-corrected chi connectivity index (χ3v) is 3.81. The van der Waals surface area contributed by atoms with Gasteiger partial charge in [0.15, 0.2) is 0 Å². The molecular formula is C17H18Cl2N2O6. The second-order valence-electron chi connectivity index (χ2n) is 5.39. The number of alkyl halides is 2. The Kier molecular flexibility index (Phi) is 8.27. The maximum absolute atomic E-state index is 12.2. The normalized spacial score (nSPS) is 16.1. The van der Waals surface area contributed by atoms with Gasteiger partial charge in [-0.25, -0.2) is 9.59 Å². The lowest BCUT2D eigenvalue weighted by molar-refractivity contribution is -0.384. The number of nitrogens with zero attached hydrogens (tertiary/aromatic N) is 1. The van der Waals surface area contributed by atoms with Gasteiger partial charge >= 0.3 is 11.9 Å². The van der Waals surface area contributed by atoms with Gasteiger partial charge in [0.2, 0.25) is 0 Å². The van der Waals surface area contributed by atoms with Crippen LogP contribution in [0.2, 0.25) is 0 Å². The van der Waals surface area contributed by atoms with Crippen molar-refractivity contribution in [3.8, 4) is 0 Å². The van der Waals surface area contributed by atoms with E-state index in [0.29, 0.717) is 17.0 Å². The molecule has 0 fully saturated rings. The van der Waals surface area contributed by atoms with Gasteiger partial charge in [0.05, 0.1) is 34.4 Å². The molecule has 1 aliphatic heterocycles. The van der Waals surface area contributed by atoms with Crippen LogP contribution in [0.25, 0.3) is 0 Å². The summed E-state index contributed by atoms with van der Waals surface area (Å²) in [7, 11) is 1.19. The highest BCUT2D eigenvalue weighted by atomic mass is 35.5. The highest BCUT2D eigenvalue weighted by molar-refractivity contribution is 6.40. The lowest BCUT2D eigenvalue weighted by Gasteiger charge is -2.29. The van der Waals surface area contributed by atoms with Crippen LogP contribution in [0.3, 0.4) is 0 Å². The van der Waals surface area contributed by atoms with Crippen molar-refractivity contribution in [1.29, 1.82) is 0 Å². The summed E-state index contributed by atoms with van der Waals surface area (Å²) in [6.45, 7) is 3.20. The number of nitrogens with one attached hydrogen (secondary N) is 1. The second-order valence-corrected chi connectivity index (χ2v) is 6.19. The number of aliphatic carboxylic acids is 1. The van der Waals surface area contributed by atoms with Crippen LogP contribution in [0, 0.1) is 10.1 Å². The average molecular weight is 417 g/mol. The number of methoxy groups -OCH3 is 1. The number of dihydropyridines is 1. The highest BCUT2D eigenvalue weighted by Gasteiger charge is 2.37. The van der Waals surface area contributed by atoms with E-state index in [9.17, 15) is 24.8 Å². The summed E-state index contributed by atoms with van der Waals surface area (Å²) in [6.07, 6.45) is 0. The smallest absolute Gasteiger partial charge is 0.336 e. The predicted octanol–water partition coefficient (Wildman–Crippen LogP) is 3.51. The first-order valence-electron chi connectivity index (χ1n) is 7.55. The first kappa shape index (κ1) is 22.5. The van der Waals surface area contributed by atoms with E-state index in [-0.39, 0.29) is 22.2 Å². The Hall–Kier alpha value is -2.58. The molecule has 1 aromatic rings. The summed E-state index contributed by atoms with van der Waals surface area (Å²) >= 11 is 9.53. The first-order valence-corrected chi connectivity index (χ1v) is 8.62. The Morgan fingerprint density at radius 1 is 1.26 bits per heavy atom. The molecule has 1 atom stereocenters. The number of ether oxygens (including phenoxy) is 1. The largest absolute Gasteiger partial charge is 0.478 e. The quantitative estimate of drug-likeness (QED) is 0.333. The summed E-state index contributed by atoms with van der Waals surface area (Å²) in [4.78, 5) is 34.3. The van der Waals surface area contributed by atoms with Crippen LogP contribution in [-0.4, -0.2) is 34.4 Å². The van der Waals surface area contributed by atoms with Crippen molar-refractivity contribution in [2.45, 2.75) is 19.8 Å². The molecule has 0 saturated heterocycles. The Morgan fingerprint density at radius 3 is 2.30 bits per heavy atom. The maximum atomic E-state index is 12.2. The molecule has 10 heteroatoms. The van der Waals surface area contributed by atoms with E-state index < -0.39 is 22.8 Å². The molecule has 0 spiro atoms. The number of rotatable bonds is 4. The standard InChI is InChI=1S/C16H16N2O6.CH2Cl2/c1-8-12(15(19)20)14(13(9(2)17-8)16(21)24-3)10-5-4-6-11(7-10)18(22)23;2-1-3/h4-7,14,17H,1-3H3,(H,19,20);1H2. The van der Waals surface area contributed by atoms with Gasteiger partial charge in [-0.05, 0) is 19.4 Å². The Labute approximate surface area is 165 Å². The maximum Gasteiger partial charge on any atom is 0.336 e. The van der Waals surface area contributed by atoms with E-state index in [2.05, 4.69) is 5.32 Å². The predicted molar refractivity (Wildman–Crippen MR) is 101 cm³/mol. The highest BCUT2D eigenvalue weighted by Crippen LogP contribution is 2.39. The molecule has 27 heavy (non-hydrogen) atoms. The molecule has 2 N–H and O–H groups in total.